The monoisotopic (exact) mass is 331 g/mol. The Morgan fingerprint density at radius 3 is 2.52 bits per heavy atom. The molecule has 2 aromatic carbocycles. The molecule has 0 fully saturated rings. The number of nitrogens with one attached hydrogen (secondary N) is 2. The van der Waals surface area contributed by atoms with E-state index in [4.69, 9.17) is 0 Å². The van der Waals surface area contributed by atoms with Gasteiger partial charge in [0.05, 0.1) is 11.9 Å². The summed E-state index contributed by atoms with van der Waals surface area (Å²) in [5, 5.41) is 6.19. The number of anilines is 2. The van der Waals surface area contributed by atoms with Crippen molar-refractivity contribution in [1.29, 1.82) is 0 Å². The third-order valence-corrected chi connectivity index (χ3v) is 4.02. The predicted molar refractivity (Wildman–Crippen MR) is 102 cm³/mol. The molecule has 0 aliphatic heterocycles. The van der Waals surface area contributed by atoms with E-state index in [0.29, 0.717) is 5.69 Å². The van der Waals surface area contributed by atoms with Crippen molar-refractivity contribution in [3.63, 3.8) is 0 Å². The largest absolute Gasteiger partial charge is 0.380 e. The van der Waals surface area contributed by atoms with Crippen molar-refractivity contribution in [2.24, 2.45) is 0 Å². The average molecular weight is 331 g/mol. The second-order valence-electron chi connectivity index (χ2n) is 6.04. The van der Waals surface area contributed by atoms with E-state index >= 15 is 0 Å². The van der Waals surface area contributed by atoms with Crippen molar-refractivity contribution in [3.8, 4) is 0 Å². The quantitative estimate of drug-likeness (QED) is 0.720. The van der Waals surface area contributed by atoms with Crippen LogP contribution in [0, 0.1) is 13.8 Å². The molecule has 4 nitrogen and oxygen atoms in total. The average Bonchev–Trinajstić information content (AvgIpc) is 2.61. The summed E-state index contributed by atoms with van der Waals surface area (Å²) in [6, 6.07) is 19.5. The first-order valence-corrected chi connectivity index (χ1v) is 8.24. The Kier molecular flexibility index (Phi) is 5.09. The molecule has 0 unspecified atom stereocenters. The standard InChI is InChI=1S/C21H21N3O/c1-15-6-5-9-18(12-15)24-21(25)20-11-10-19(14-23-20)22-13-17-8-4-3-7-16(17)2/h3-12,14,22H,13H2,1-2H3,(H,24,25). The van der Waals surface area contributed by atoms with Crippen molar-refractivity contribution in [1.82, 2.24) is 4.98 Å². The van der Waals surface area contributed by atoms with Gasteiger partial charge in [0.25, 0.3) is 5.91 Å². The summed E-state index contributed by atoms with van der Waals surface area (Å²) >= 11 is 0. The number of carbonyl (C=O) groups is 1. The highest BCUT2D eigenvalue weighted by Crippen LogP contribution is 2.14. The summed E-state index contributed by atoms with van der Waals surface area (Å²) in [6.45, 7) is 4.81. The molecule has 0 atom stereocenters. The van der Waals surface area contributed by atoms with Crippen molar-refractivity contribution in [3.05, 3.63) is 89.2 Å². The van der Waals surface area contributed by atoms with E-state index in [-0.39, 0.29) is 5.91 Å². The maximum absolute atomic E-state index is 12.3. The molecule has 3 rings (SSSR count). The molecule has 0 spiro atoms. The van der Waals surface area contributed by atoms with Crippen molar-refractivity contribution < 1.29 is 4.79 Å². The fourth-order valence-electron chi connectivity index (χ4n) is 2.56. The van der Waals surface area contributed by atoms with E-state index in [1.54, 1.807) is 12.3 Å². The lowest BCUT2D eigenvalue weighted by Gasteiger charge is -2.09. The van der Waals surface area contributed by atoms with Crippen LogP contribution in [0.25, 0.3) is 0 Å². The topological polar surface area (TPSA) is 54.0 Å². The number of pyridine rings is 1. The van der Waals surface area contributed by atoms with Crippen LogP contribution in [-0.2, 0) is 6.54 Å². The van der Waals surface area contributed by atoms with Crippen LogP contribution in [0.2, 0.25) is 0 Å². The van der Waals surface area contributed by atoms with Crippen LogP contribution in [0.15, 0.2) is 66.9 Å². The Balaban J connectivity index is 1.61. The molecule has 25 heavy (non-hydrogen) atoms. The second-order valence-corrected chi connectivity index (χ2v) is 6.04. The first-order chi connectivity index (χ1) is 12.1. The molecule has 0 saturated heterocycles. The summed E-state index contributed by atoms with van der Waals surface area (Å²) in [5.41, 5.74) is 5.63. The molecule has 1 heterocycles. The predicted octanol–water partition coefficient (Wildman–Crippen LogP) is 4.56. The number of aryl methyl sites for hydroxylation is 2. The molecule has 0 radical (unpaired) electrons. The molecule has 0 saturated carbocycles. The van der Waals surface area contributed by atoms with Gasteiger partial charge in [-0.15, -0.1) is 0 Å². The van der Waals surface area contributed by atoms with Crippen LogP contribution in [0.1, 0.15) is 27.2 Å². The molecule has 0 aliphatic rings. The molecule has 126 valence electrons. The highest BCUT2D eigenvalue weighted by molar-refractivity contribution is 6.02. The zero-order valence-electron chi connectivity index (χ0n) is 14.4. The maximum atomic E-state index is 12.3. The number of aromatic nitrogens is 1. The van der Waals surface area contributed by atoms with Gasteiger partial charge in [0.2, 0.25) is 0 Å². The molecule has 0 bridgehead atoms. The summed E-state index contributed by atoms with van der Waals surface area (Å²) < 4.78 is 0. The minimum absolute atomic E-state index is 0.212. The first kappa shape index (κ1) is 16.7. The van der Waals surface area contributed by atoms with Crippen molar-refractivity contribution in [2.75, 3.05) is 10.6 Å². The van der Waals surface area contributed by atoms with Gasteiger partial charge < -0.3 is 10.6 Å². The molecule has 1 aromatic heterocycles. The molecule has 0 aliphatic carbocycles. The van der Waals surface area contributed by atoms with Gasteiger partial charge in [-0.1, -0.05) is 36.4 Å². The van der Waals surface area contributed by atoms with Crippen LogP contribution in [-0.4, -0.2) is 10.9 Å². The summed E-state index contributed by atoms with van der Waals surface area (Å²) in [7, 11) is 0. The van der Waals surface area contributed by atoms with Crippen LogP contribution in [0.4, 0.5) is 11.4 Å². The number of rotatable bonds is 5. The number of hydrogen-bond donors (Lipinski definition) is 2. The highest BCUT2D eigenvalue weighted by Gasteiger charge is 2.08. The lowest BCUT2D eigenvalue weighted by atomic mass is 10.1. The van der Waals surface area contributed by atoms with E-state index in [1.165, 1.54) is 11.1 Å². The lowest BCUT2D eigenvalue weighted by Crippen LogP contribution is -2.13. The van der Waals surface area contributed by atoms with Crippen LogP contribution >= 0.6 is 0 Å². The second kappa shape index (κ2) is 7.62. The third-order valence-electron chi connectivity index (χ3n) is 4.02. The third kappa shape index (κ3) is 4.44. The highest BCUT2D eigenvalue weighted by atomic mass is 16.1. The summed E-state index contributed by atoms with van der Waals surface area (Å²) in [6.07, 6.45) is 1.68. The minimum atomic E-state index is -0.212. The van der Waals surface area contributed by atoms with E-state index < -0.39 is 0 Å². The first-order valence-electron chi connectivity index (χ1n) is 8.24. The number of carbonyl (C=O) groups excluding carboxylic acids is 1. The minimum Gasteiger partial charge on any atom is -0.380 e. The van der Waals surface area contributed by atoms with E-state index in [0.717, 1.165) is 23.5 Å². The Morgan fingerprint density at radius 2 is 1.80 bits per heavy atom. The molecular weight excluding hydrogens is 310 g/mol. The van der Waals surface area contributed by atoms with Gasteiger partial charge in [0, 0.05) is 12.2 Å². The van der Waals surface area contributed by atoms with Gasteiger partial charge in [-0.25, -0.2) is 4.98 Å². The normalized spacial score (nSPS) is 10.3. The zero-order chi connectivity index (χ0) is 17.6. The number of benzene rings is 2. The van der Waals surface area contributed by atoms with Gasteiger partial charge in [0.15, 0.2) is 0 Å². The van der Waals surface area contributed by atoms with Gasteiger partial charge in [0.1, 0.15) is 5.69 Å². The van der Waals surface area contributed by atoms with Crippen LogP contribution in [0.3, 0.4) is 0 Å². The van der Waals surface area contributed by atoms with Gasteiger partial charge in [-0.3, -0.25) is 4.79 Å². The van der Waals surface area contributed by atoms with Crippen LogP contribution in [0.5, 0.6) is 0 Å². The van der Waals surface area contributed by atoms with E-state index in [1.807, 2.05) is 49.4 Å². The molecule has 3 aromatic rings. The lowest BCUT2D eigenvalue weighted by molar-refractivity contribution is 0.102. The molecule has 2 N–H and O–H groups in total. The molecule has 1 amide bonds. The number of hydrogen-bond acceptors (Lipinski definition) is 3. The number of amides is 1. The Morgan fingerprint density at radius 1 is 0.960 bits per heavy atom. The van der Waals surface area contributed by atoms with Crippen molar-refractivity contribution >= 4 is 17.3 Å². The smallest absolute Gasteiger partial charge is 0.274 e. The van der Waals surface area contributed by atoms with Crippen molar-refractivity contribution in [2.45, 2.75) is 20.4 Å². The van der Waals surface area contributed by atoms with Gasteiger partial charge in [-0.05, 0) is 54.8 Å². The van der Waals surface area contributed by atoms with Gasteiger partial charge >= 0.3 is 0 Å². The van der Waals surface area contributed by atoms with E-state index in [9.17, 15) is 4.79 Å². The Bertz CT molecular complexity index is 872. The SMILES string of the molecule is Cc1cccc(NC(=O)c2ccc(NCc3ccccc3C)cn2)c1. The summed E-state index contributed by atoms with van der Waals surface area (Å²) in [5.74, 6) is -0.212. The fraction of sp³-hybridized carbons (Fsp3) is 0.143. The maximum Gasteiger partial charge on any atom is 0.274 e. The zero-order valence-corrected chi connectivity index (χ0v) is 14.4. The number of nitrogens with zero attached hydrogens (tertiary/aromatic N) is 1. The Labute approximate surface area is 147 Å². The Hall–Kier alpha value is -3.14. The van der Waals surface area contributed by atoms with Crippen LogP contribution < -0.4 is 10.6 Å². The van der Waals surface area contributed by atoms with Gasteiger partial charge in [-0.2, -0.15) is 0 Å². The fourth-order valence-corrected chi connectivity index (χ4v) is 2.56. The van der Waals surface area contributed by atoms with E-state index in [2.05, 4.69) is 34.7 Å². The molecule has 4 heteroatoms. The summed E-state index contributed by atoms with van der Waals surface area (Å²) in [4.78, 5) is 16.5. The molecular formula is C21H21N3O.